The average molecular weight is 94.1 g/mol. The van der Waals surface area contributed by atoms with Crippen molar-refractivity contribution in [1.29, 1.82) is 0 Å². The van der Waals surface area contributed by atoms with Crippen molar-refractivity contribution in [2.24, 2.45) is 0 Å². The standard InChI is InChI=1S/C5H4NO/c6-4-5-2-1-3-7-5/h1-4H. The molecule has 1 radical (unpaired) electrons. The quantitative estimate of drug-likeness (QED) is 0.466. The van der Waals surface area contributed by atoms with E-state index in [-0.39, 0.29) is 0 Å². The van der Waals surface area contributed by atoms with Gasteiger partial charge >= 0.3 is 0 Å². The number of hydrogen-bond donors (Lipinski definition) is 0. The van der Waals surface area contributed by atoms with Crippen LogP contribution in [0.5, 0.6) is 0 Å². The summed E-state index contributed by atoms with van der Waals surface area (Å²) in [7, 11) is 0. The minimum absolute atomic E-state index is 0.486. The lowest BCUT2D eigenvalue weighted by molar-refractivity contribution is 0.560. The van der Waals surface area contributed by atoms with E-state index in [1.54, 1.807) is 12.1 Å². The van der Waals surface area contributed by atoms with E-state index >= 15 is 0 Å². The monoisotopic (exact) mass is 94.0 g/mol. The Balaban J connectivity index is 2.96. The van der Waals surface area contributed by atoms with Crippen LogP contribution in [0.25, 0.3) is 0 Å². The van der Waals surface area contributed by atoms with Crippen molar-refractivity contribution in [1.82, 2.24) is 5.41 Å². The summed E-state index contributed by atoms with van der Waals surface area (Å²) in [5, 5.41) is 8.21. The van der Waals surface area contributed by atoms with Crippen molar-refractivity contribution >= 4 is 6.21 Å². The molecule has 0 atom stereocenters. The van der Waals surface area contributed by atoms with E-state index in [2.05, 4.69) is 4.42 Å². The van der Waals surface area contributed by atoms with Gasteiger partial charge in [0.25, 0.3) is 0 Å². The molecule has 7 heavy (non-hydrogen) atoms. The first-order chi connectivity index (χ1) is 3.43. The molecule has 1 aromatic heterocycles. The molecule has 0 aliphatic rings. The van der Waals surface area contributed by atoms with Gasteiger partial charge in [0.1, 0.15) is 5.76 Å². The van der Waals surface area contributed by atoms with Gasteiger partial charge in [-0.05, 0) is 12.1 Å². The third-order valence-electron chi connectivity index (χ3n) is 0.670. The molecule has 2 heteroatoms. The molecule has 0 saturated carbocycles. The Morgan fingerprint density at radius 3 is 2.86 bits per heavy atom. The summed E-state index contributed by atoms with van der Waals surface area (Å²) in [5.74, 6) is 0.486. The second-order valence-corrected chi connectivity index (χ2v) is 1.14. The Kier molecular flexibility index (Phi) is 0.941. The van der Waals surface area contributed by atoms with Crippen LogP contribution >= 0.6 is 0 Å². The largest absolute Gasteiger partial charge is 0.463 e. The van der Waals surface area contributed by atoms with E-state index in [1.165, 1.54) is 6.26 Å². The van der Waals surface area contributed by atoms with E-state index in [0.29, 0.717) is 5.76 Å². The highest BCUT2D eigenvalue weighted by Crippen LogP contribution is 1.92. The highest BCUT2D eigenvalue weighted by molar-refractivity contribution is 5.73. The van der Waals surface area contributed by atoms with Crippen molar-refractivity contribution in [3.05, 3.63) is 24.2 Å². The summed E-state index contributed by atoms with van der Waals surface area (Å²) in [6, 6.07) is 3.38. The molecule has 35 valence electrons. The molecule has 0 aromatic carbocycles. The molecule has 0 spiro atoms. The zero-order valence-corrected chi connectivity index (χ0v) is 3.66. The van der Waals surface area contributed by atoms with E-state index in [9.17, 15) is 0 Å². The molecule has 0 fully saturated rings. The summed E-state index contributed by atoms with van der Waals surface area (Å²) < 4.78 is 4.68. The Morgan fingerprint density at radius 2 is 2.57 bits per heavy atom. The van der Waals surface area contributed by atoms with Crippen LogP contribution in [0.2, 0.25) is 0 Å². The maximum atomic E-state index is 8.21. The second-order valence-electron chi connectivity index (χ2n) is 1.14. The fourth-order valence-corrected chi connectivity index (χ4v) is 0.365. The first kappa shape index (κ1) is 4.12. The molecule has 0 aliphatic carbocycles. The van der Waals surface area contributed by atoms with Gasteiger partial charge in [-0.2, -0.15) is 5.41 Å². The zero-order chi connectivity index (χ0) is 5.11. The van der Waals surface area contributed by atoms with Crippen LogP contribution in [0.3, 0.4) is 0 Å². The van der Waals surface area contributed by atoms with Crippen LogP contribution in [-0.4, -0.2) is 6.21 Å². The first-order valence-corrected chi connectivity index (χ1v) is 1.94. The molecule has 0 amide bonds. The average Bonchev–Trinajstić information content (AvgIpc) is 2.14. The van der Waals surface area contributed by atoms with Crippen LogP contribution in [-0.2, 0) is 0 Å². The summed E-state index contributed by atoms with van der Waals surface area (Å²) in [5.41, 5.74) is 0. The highest BCUT2D eigenvalue weighted by atomic mass is 16.3. The lowest BCUT2D eigenvalue weighted by atomic mass is 10.5. The number of furan rings is 1. The molecule has 1 rings (SSSR count). The summed E-state index contributed by atoms with van der Waals surface area (Å²) in [4.78, 5) is 0. The lowest BCUT2D eigenvalue weighted by Gasteiger charge is -1.70. The van der Waals surface area contributed by atoms with Crippen LogP contribution in [0.4, 0.5) is 0 Å². The SMILES string of the molecule is [N]=Cc1ccco1. The maximum Gasteiger partial charge on any atom is 0.146 e. The topological polar surface area (TPSA) is 35.4 Å². The molecule has 0 aliphatic heterocycles. The lowest BCUT2D eigenvalue weighted by Crippen LogP contribution is -1.69. The van der Waals surface area contributed by atoms with Gasteiger partial charge in [0.15, 0.2) is 0 Å². The normalized spacial score (nSPS) is 8.57. The maximum absolute atomic E-state index is 8.21. The third-order valence-corrected chi connectivity index (χ3v) is 0.670. The Morgan fingerprint density at radius 1 is 1.71 bits per heavy atom. The van der Waals surface area contributed by atoms with Gasteiger partial charge in [-0.15, -0.1) is 0 Å². The molecule has 0 N–H and O–H groups in total. The molecular formula is C5H4NO. The van der Waals surface area contributed by atoms with Crippen molar-refractivity contribution in [2.75, 3.05) is 0 Å². The minimum Gasteiger partial charge on any atom is -0.463 e. The fourth-order valence-electron chi connectivity index (χ4n) is 0.365. The van der Waals surface area contributed by atoms with Gasteiger partial charge in [-0.3, -0.25) is 0 Å². The molecule has 0 unspecified atom stereocenters. The Labute approximate surface area is 41.3 Å². The Bertz CT molecular complexity index is 143. The van der Waals surface area contributed by atoms with Crippen LogP contribution in [0, 0.1) is 0 Å². The first-order valence-electron chi connectivity index (χ1n) is 1.94. The highest BCUT2D eigenvalue weighted by Gasteiger charge is 1.82. The summed E-state index contributed by atoms with van der Waals surface area (Å²) >= 11 is 0. The minimum atomic E-state index is 0.486. The predicted molar refractivity (Wildman–Crippen MR) is 26.0 cm³/mol. The number of hydrogen-bond acceptors (Lipinski definition) is 1. The van der Waals surface area contributed by atoms with Gasteiger partial charge in [0.05, 0.1) is 12.5 Å². The molecule has 1 heterocycles. The van der Waals surface area contributed by atoms with E-state index in [1.807, 2.05) is 0 Å². The van der Waals surface area contributed by atoms with Gasteiger partial charge in [-0.25, -0.2) is 0 Å². The van der Waals surface area contributed by atoms with Gasteiger partial charge in [0, 0.05) is 0 Å². The van der Waals surface area contributed by atoms with Crippen LogP contribution in [0.1, 0.15) is 5.76 Å². The molecule has 2 nitrogen and oxygen atoms in total. The number of rotatable bonds is 1. The smallest absolute Gasteiger partial charge is 0.146 e. The van der Waals surface area contributed by atoms with Gasteiger partial charge in [0.2, 0.25) is 0 Å². The fraction of sp³-hybridized carbons (Fsp3) is 0. The van der Waals surface area contributed by atoms with Crippen molar-refractivity contribution in [2.45, 2.75) is 0 Å². The van der Waals surface area contributed by atoms with Crippen molar-refractivity contribution in [3.63, 3.8) is 0 Å². The number of nitrogens with zero attached hydrogens (tertiary/aromatic N) is 1. The Hall–Kier alpha value is -1.05. The predicted octanol–water partition coefficient (Wildman–Crippen LogP) is 0.499. The zero-order valence-electron chi connectivity index (χ0n) is 3.66. The van der Waals surface area contributed by atoms with Crippen molar-refractivity contribution < 1.29 is 4.42 Å². The second kappa shape index (κ2) is 1.60. The van der Waals surface area contributed by atoms with Crippen molar-refractivity contribution in [3.8, 4) is 0 Å². The van der Waals surface area contributed by atoms with Gasteiger partial charge < -0.3 is 4.42 Å². The third kappa shape index (κ3) is 0.682. The molecule has 0 bridgehead atoms. The molecular weight excluding hydrogens is 90.1 g/mol. The summed E-state index contributed by atoms with van der Waals surface area (Å²) in [6.45, 7) is 0. The molecule has 0 saturated heterocycles. The van der Waals surface area contributed by atoms with Crippen LogP contribution in [0.15, 0.2) is 22.8 Å². The summed E-state index contributed by atoms with van der Waals surface area (Å²) in [6.07, 6.45) is 2.42. The van der Waals surface area contributed by atoms with E-state index in [0.717, 1.165) is 6.21 Å². The van der Waals surface area contributed by atoms with E-state index < -0.39 is 0 Å². The van der Waals surface area contributed by atoms with Crippen LogP contribution < -0.4 is 5.41 Å². The van der Waals surface area contributed by atoms with Gasteiger partial charge in [-0.1, -0.05) is 0 Å². The molecule has 1 aromatic rings. The van der Waals surface area contributed by atoms with E-state index in [4.69, 9.17) is 5.41 Å².